The molecule has 166 valence electrons. The van der Waals surface area contributed by atoms with Crippen LogP contribution in [0.2, 0.25) is 0 Å². The second-order valence-corrected chi connectivity index (χ2v) is 9.11. The molecule has 0 radical (unpaired) electrons. The van der Waals surface area contributed by atoms with Crippen LogP contribution in [-0.4, -0.2) is 32.4 Å². The highest BCUT2D eigenvalue weighted by molar-refractivity contribution is 5.86. The molecule has 2 heterocycles. The van der Waals surface area contributed by atoms with Crippen LogP contribution >= 0.6 is 0 Å². The van der Waals surface area contributed by atoms with Crippen molar-refractivity contribution in [2.45, 2.75) is 50.7 Å². The summed E-state index contributed by atoms with van der Waals surface area (Å²) in [4.78, 5) is 20.1. The van der Waals surface area contributed by atoms with Gasteiger partial charge in [-0.1, -0.05) is 42.7 Å². The number of aryl methyl sites for hydroxylation is 1. The van der Waals surface area contributed by atoms with Crippen molar-refractivity contribution in [3.8, 4) is 11.3 Å². The number of carbonyl (C=O) groups excluding carboxylic acids is 1. The summed E-state index contributed by atoms with van der Waals surface area (Å²) in [5.41, 5.74) is 15.9. The summed E-state index contributed by atoms with van der Waals surface area (Å²) in [5.74, 6) is 0.917. The van der Waals surface area contributed by atoms with Crippen LogP contribution in [0.15, 0.2) is 48.5 Å². The Labute approximate surface area is 187 Å². The summed E-state index contributed by atoms with van der Waals surface area (Å²) >= 11 is 0. The molecule has 2 aromatic carbocycles. The van der Waals surface area contributed by atoms with Crippen LogP contribution in [-0.2, 0) is 11.3 Å². The van der Waals surface area contributed by atoms with E-state index in [0.29, 0.717) is 30.4 Å². The SMILES string of the molecule is Cc1ccc(C2CN(C(=O)C3(N)CCCC3)Cc3nc(-c4ccc(F)cc4)c(N)n32)cc1. The summed E-state index contributed by atoms with van der Waals surface area (Å²) in [6.45, 7) is 2.88. The Morgan fingerprint density at radius 3 is 2.41 bits per heavy atom. The van der Waals surface area contributed by atoms with E-state index in [0.717, 1.165) is 42.4 Å². The lowest BCUT2D eigenvalue weighted by molar-refractivity contribution is -0.138. The van der Waals surface area contributed by atoms with Crippen LogP contribution in [0.25, 0.3) is 11.3 Å². The Hall–Kier alpha value is -3.19. The first-order valence-corrected chi connectivity index (χ1v) is 11.1. The van der Waals surface area contributed by atoms with Gasteiger partial charge in [0.25, 0.3) is 0 Å². The molecular weight excluding hydrogens is 405 g/mol. The summed E-state index contributed by atoms with van der Waals surface area (Å²) in [7, 11) is 0. The third-order valence-electron chi connectivity index (χ3n) is 6.85. The van der Waals surface area contributed by atoms with Crippen LogP contribution in [0, 0.1) is 12.7 Å². The fourth-order valence-corrected chi connectivity index (χ4v) is 5.03. The molecule has 7 heteroatoms. The standard InChI is InChI=1S/C25H28FN5O/c1-16-4-6-17(7-5-16)20-14-30(24(32)25(28)12-2-3-13-25)15-21-29-22(23(27)31(20)21)18-8-10-19(26)11-9-18/h4-11,20H,2-3,12-15,27-28H2,1H3. The largest absolute Gasteiger partial charge is 0.383 e. The van der Waals surface area contributed by atoms with Crippen LogP contribution in [0.1, 0.15) is 48.7 Å². The normalized spacial score (nSPS) is 19.7. The summed E-state index contributed by atoms with van der Waals surface area (Å²) in [5, 5.41) is 0. The Bertz CT molecular complexity index is 1150. The number of carbonyl (C=O) groups is 1. The van der Waals surface area contributed by atoms with Crippen molar-refractivity contribution in [3.63, 3.8) is 0 Å². The number of halogens is 1. The average molecular weight is 434 g/mol. The highest BCUT2D eigenvalue weighted by Crippen LogP contribution is 2.37. The molecule has 1 saturated carbocycles. The van der Waals surface area contributed by atoms with E-state index in [9.17, 15) is 9.18 Å². The summed E-state index contributed by atoms with van der Waals surface area (Å²) < 4.78 is 15.5. The van der Waals surface area contributed by atoms with Crippen molar-refractivity contribution in [3.05, 3.63) is 71.3 Å². The minimum Gasteiger partial charge on any atom is -0.383 e. The molecule has 1 aliphatic carbocycles. The Kier molecular flexibility index (Phi) is 5.01. The van der Waals surface area contributed by atoms with E-state index in [-0.39, 0.29) is 17.8 Å². The van der Waals surface area contributed by atoms with Crippen molar-refractivity contribution < 1.29 is 9.18 Å². The van der Waals surface area contributed by atoms with Crippen LogP contribution in [0.4, 0.5) is 10.2 Å². The van der Waals surface area contributed by atoms with Gasteiger partial charge in [-0.3, -0.25) is 4.79 Å². The van der Waals surface area contributed by atoms with Gasteiger partial charge in [0.15, 0.2) is 0 Å². The van der Waals surface area contributed by atoms with E-state index in [1.807, 2.05) is 16.4 Å². The van der Waals surface area contributed by atoms with E-state index in [1.54, 1.807) is 12.1 Å². The summed E-state index contributed by atoms with van der Waals surface area (Å²) in [6.07, 6.45) is 3.39. The van der Waals surface area contributed by atoms with Gasteiger partial charge in [-0.25, -0.2) is 9.37 Å². The van der Waals surface area contributed by atoms with Gasteiger partial charge < -0.3 is 20.9 Å². The molecule has 1 aliphatic heterocycles. The molecule has 3 aromatic rings. The molecular formula is C25H28FN5O. The Morgan fingerprint density at radius 2 is 1.75 bits per heavy atom. The number of aromatic nitrogens is 2. The number of amides is 1. The van der Waals surface area contributed by atoms with Gasteiger partial charge in [-0.15, -0.1) is 0 Å². The second kappa shape index (κ2) is 7.74. The molecule has 6 nitrogen and oxygen atoms in total. The summed E-state index contributed by atoms with van der Waals surface area (Å²) in [6, 6.07) is 14.3. The first-order valence-electron chi connectivity index (χ1n) is 11.1. The molecule has 0 bridgehead atoms. The van der Waals surface area contributed by atoms with E-state index in [2.05, 4.69) is 24.3 Å². The number of anilines is 1. The number of nitrogens with two attached hydrogens (primary N) is 2. The van der Waals surface area contributed by atoms with Crippen LogP contribution in [0.3, 0.4) is 0 Å². The van der Waals surface area contributed by atoms with Gasteiger partial charge in [0.2, 0.25) is 5.91 Å². The van der Waals surface area contributed by atoms with Gasteiger partial charge in [0.05, 0.1) is 18.1 Å². The minimum absolute atomic E-state index is 0.0109. The number of hydrogen-bond donors (Lipinski definition) is 2. The number of rotatable bonds is 3. The van der Waals surface area contributed by atoms with E-state index in [4.69, 9.17) is 16.5 Å². The third kappa shape index (κ3) is 3.46. The third-order valence-corrected chi connectivity index (χ3v) is 6.85. The maximum atomic E-state index is 13.5. The highest BCUT2D eigenvalue weighted by Gasteiger charge is 2.43. The molecule has 2 aliphatic rings. The molecule has 1 aromatic heterocycles. The Morgan fingerprint density at radius 1 is 1.09 bits per heavy atom. The lowest BCUT2D eigenvalue weighted by atomic mass is 9.95. The molecule has 4 N–H and O–H groups in total. The van der Waals surface area contributed by atoms with Gasteiger partial charge in [0.1, 0.15) is 23.2 Å². The van der Waals surface area contributed by atoms with Gasteiger partial charge in [0, 0.05) is 12.1 Å². The van der Waals surface area contributed by atoms with Crippen LogP contribution in [0.5, 0.6) is 0 Å². The quantitative estimate of drug-likeness (QED) is 0.658. The van der Waals surface area contributed by atoms with E-state index in [1.165, 1.54) is 12.1 Å². The fraction of sp³-hybridized carbons (Fsp3) is 0.360. The molecule has 5 rings (SSSR count). The highest BCUT2D eigenvalue weighted by atomic mass is 19.1. The smallest absolute Gasteiger partial charge is 0.243 e. The molecule has 1 amide bonds. The number of benzene rings is 2. The topological polar surface area (TPSA) is 90.2 Å². The van der Waals surface area contributed by atoms with Crippen LogP contribution < -0.4 is 11.5 Å². The lowest BCUT2D eigenvalue weighted by Crippen LogP contribution is -2.55. The minimum atomic E-state index is -0.794. The number of imidazole rings is 1. The van der Waals surface area contributed by atoms with Crippen molar-refractivity contribution >= 4 is 11.7 Å². The molecule has 1 unspecified atom stereocenters. The number of nitrogen functional groups attached to an aromatic ring is 1. The zero-order valence-corrected chi connectivity index (χ0v) is 18.2. The number of fused-ring (bicyclic) bond motifs is 1. The lowest BCUT2D eigenvalue weighted by Gasteiger charge is -2.38. The molecule has 1 atom stereocenters. The zero-order valence-electron chi connectivity index (χ0n) is 18.2. The maximum Gasteiger partial charge on any atom is 0.243 e. The molecule has 0 saturated heterocycles. The second-order valence-electron chi connectivity index (χ2n) is 9.11. The predicted molar refractivity (Wildman–Crippen MR) is 122 cm³/mol. The number of hydrogen-bond acceptors (Lipinski definition) is 4. The van der Waals surface area contributed by atoms with Gasteiger partial charge >= 0.3 is 0 Å². The molecule has 1 fully saturated rings. The average Bonchev–Trinajstić information content (AvgIpc) is 3.38. The maximum absolute atomic E-state index is 13.5. The van der Waals surface area contributed by atoms with Crippen molar-refractivity contribution in [2.75, 3.05) is 12.3 Å². The number of nitrogens with zero attached hydrogens (tertiary/aromatic N) is 3. The molecule has 0 spiro atoms. The first-order chi connectivity index (χ1) is 15.4. The van der Waals surface area contributed by atoms with E-state index >= 15 is 0 Å². The molecule has 32 heavy (non-hydrogen) atoms. The van der Waals surface area contributed by atoms with E-state index < -0.39 is 5.54 Å². The van der Waals surface area contributed by atoms with Crippen molar-refractivity contribution in [1.29, 1.82) is 0 Å². The monoisotopic (exact) mass is 433 g/mol. The zero-order chi connectivity index (χ0) is 22.5. The first kappa shape index (κ1) is 20.7. The van der Waals surface area contributed by atoms with Crippen molar-refractivity contribution in [2.24, 2.45) is 5.73 Å². The fourth-order valence-electron chi connectivity index (χ4n) is 5.03. The van der Waals surface area contributed by atoms with Crippen molar-refractivity contribution in [1.82, 2.24) is 14.5 Å². The van der Waals surface area contributed by atoms with Gasteiger partial charge in [-0.2, -0.15) is 0 Å². The predicted octanol–water partition coefficient (Wildman–Crippen LogP) is 3.78. The Balaban J connectivity index is 1.59. The van der Waals surface area contributed by atoms with Gasteiger partial charge in [-0.05, 0) is 49.6 Å².